The second-order valence-electron chi connectivity index (χ2n) is 7.13. The van der Waals surface area contributed by atoms with Crippen molar-refractivity contribution < 1.29 is 4.74 Å². The van der Waals surface area contributed by atoms with E-state index in [9.17, 15) is 0 Å². The number of nitrogens with zero attached hydrogens (tertiary/aromatic N) is 1. The summed E-state index contributed by atoms with van der Waals surface area (Å²) in [5.41, 5.74) is 0.117. The number of hydrogen-bond donors (Lipinski definition) is 1. The van der Waals surface area contributed by atoms with E-state index in [1.165, 1.54) is 51.7 Å². The molecule has 19 heavy (non-hydrogen) atoms. The van der Waals surface area contributed by atoms with Crippen LogP contribution in [0.3, 0.4) is 0 Å². The molecule has 1 saturated carbocycles. The third kappa shape index (κ3) is 3.50. The summed E-state index contributed by atoms with van der Waals surface area (Å²) in [5, 5.41) is 3.83. The van der Waals surface area contributed by atoms with Crippen LogP contribution in [0.25, 0.3) is 0 Å². The van der Waals surface area contributed by atoms with Gasteiger partial charge < -0.3 is 15.0 Å². The maximum Gasteiger partial charge on any atom is 0.0666 e. The summed E-state index contributed by atoms with van der Waals surface area (Å²) in [6.07, 6.45) is 7.81. The van der Waals surface area contributed by atoms with Crippen LogP contribution in [0.4, 0.5) is 0 Å². The third-order valence-corrected chi connectivity index (χ3v) is 5.42. The minimum atomic E-state index is 0.117. The Kier molecular flexibility index (Phi) is 4.16. The lowest BCUT2D eigenvalue weighted by atomic mass is 9.89. The highest BCUT2D eigenvalue weighted by molar-refractivity contribution is 4.91. The van der Waals surface area contributed by atoms with Gasteiger partial charge in [0.1, 0.15) is 0 Å². The SMILES string of the molecule is CCC1(C)CC(NCC2CCN(C3CC3)C2)CCO1. The Balaban J connectivity index is 1.40. The van der Waals surface area contributed by atoms with Crippen LogP contribution in [0.1, 0.15) is 52.4 Å². The quantitative estimate of drug-likeness (QED) is 0.827. The molecule has 2 aliphatic heterocycles. The van der Waals surface area contributed by atoms with Gasteiger partial charge in [0.25, 0.3) is 0 Å². The first-order valence-corrected chi connectivity index (χ1v) is 8.30. The van der Waals surface area contributed by atoms with Crippen molar-refractivity contribution >= 4 is 0 Å². The monoisotopic (exact) mass is 266 g/mol. The summed E-state index contributed by atoms with van der Waals surface area (Å²) in [6, 6.07) is 1.63. The van der Waals surface area contributed by atoms with Crippen molar-refractivity contribution in [3.8, 4) is 0 Å². The molecule has 0 spiro atoms. The van der Waals surface area contributed by atoms with Crippen molar-refractivity contribution in [2.45, 2.75) is 70.1 Å². The molecule has 0 aromatic heterocycles. The first-order valence-electron chi connectivity index (χ1n) is 8.30. The van der Waals surface area contributed by atoms with Gasteiger partial charge in [-0.2, -0.15) is 0 Å². The summed E-state index contributed by atoms with van der Waals surface area (Å²) in [4.78, 5) is 2.71. The molecule has 0 aromatic carbocycles. The average molecular weight is 266 g/mol. The molecule has 3 fully saturated rings. The fourth-order valence-electron chi connectivity index (χ4n) is 3.68. The Bertz CT molecular complexity index is 305. The lowest BCUT2D eigenvalue weighted by Crippen LogP contribution is -2.46. The zero-order valence-corrected chi connectivity index (χ0v) is 12.7. The molecule has 0 aromatic rings. The van der Waals surface area contributed by atoms with Crippen LogP contribution in [0, 0.1) is 5.92 Å². The van der Waals surface area contributed by atoms with Gasteiger partial charge in [0, 0.05) is 25.2 Å². The summed E-state index contributed by atoms with van der Waals surface area (Å²) in [7, 11) is 0. The molecule has 110 valence electrons. The Hall–Kier alpha value is -0.120. The van der Waals surface area contributed by atoms with Gasteiger partial charge in [-0.1, -0.05) is 6.92 Å². The second kappa shape index (κ2) is 5.71. The number of rotatable bonds is 5. The van der Waals surface area contributed by atoms with Crippen molar-refractivity contribution in [1.29, 1.82) is 0 Å². The molecule has 2 saturated heterocycles. The lowest BCUT2D eigenvalue weighted by molar-refractivity contribution is -0.0781. The van der Waals surface area contributed by atoms with E-state index in [1.54, 1.807) is 0 Å². The van der Waals surface area contributed by atoms with Crippen LogP contribution >= 0.6 is 0 Å². The van der Waals surface area contributed by atoms with E-state index in [2.05, 4.69) is 24.1 Å². The molecule has 3 atom stereocenters. The Labute approximate surface area is 118 Å². The van der Waals surface area contributed by atoms with Gasteiger partial charge in [-0.3, -0.25) is 0 Å². The van der Waals surface area contributed by atoms with Crippen molar-refractivity contribution in [2.75, 3.05) is 26.2 Å². The number of nitrogens with one attached hydrogen (secondary N) is 1. The number of ether oxygens (including phenoxy) is 1. The van der Waals surface area contributed by atoms with E-state index in [0.717, 1.165) is 25.0 Å². The fraction of sp³-hybridized carbons (Fsp3) is 1.00. The van der Waals surface area contributed by atoms with Crippen LogP contribution < -0.4 is 5.32 Å². The standard InChI is InChI=1S/C16H30N2O/c1-3-16(2)10-14(7-9-19-16)17-11-13-6-8-18(12-13)15-4-5-15/h13-15,17H,3-12H2,1-2H3. The number of likely N-dealkylation sites (tertiary alicyclic amines) is 1. The molecule has 0 amide bonds. The molecular weight excluding hydrogens is 236 g/mol. The molecular formula is C16H30N2O. The van der Waals surface area contributed by atoms with Gasteiger partial charge in [0.05, 0.1) is 5.60 Å². The molecule has 1 aliphatic carbocycles. The average Bonchev–Trinajstić information content (AvgIpc) is 3.16. The van der Waals surface area contributed by atoms with Gasteiger partial charge in [-0.05, 0) is 64.5 Å². The maximum atomic E-state index is 5.93. The molecule has 3 nitrogen and oxygen atoms in total. The molecule has 1 N–H and O–H groups in total. The topological polar surface area (TPSA) is 24.5 Å². The van der Waals surface area contributed by atoms with Gasteiger partial charge in [0.2, 0.25) is 0 Å². The number of hydrogen-bond acceptors (Lipinski definition) is 3. The summed E-state index contributed by atoms with van der Waals surface area (Å²) < 4.78 is 5.93. The predicted octanol–water partition coefficient (Wildman–Crippen LogP) is 2.41. The molecule has 3 unspecified atom stereocenters. The van der Waals surface area contributed by atoms with Crippen LogP contribution in [0.5, 0.6) is 0 Å². The van der Waals surface area contributed by atoms with Crippen LogP contribution in [0.15, 0.2) is 0 Å². The van der Waals surface area contributed by atoms with Crippen LogP contribution in [0.2, 0.25) is 0 Å². The van der Waals surface area contributed by atoms with Crippen molar-refractivity contribution in [1.82, 2.24) is 10.2 Å². The smallest absolute Gasteiger partial charge is 0.0666 e. The normalized spacial score (nSPS) is 40.7. The Morgan fingerprint density at radius 2 is 2.11 bits per heavy atom. The van der Waals surface area contributed by atoms with Gasteiger partial charge in [-0.15, -0.1) is 0 Å². The largest absolute Gasteiger partial charge is 0.375 e. The fourth-order valence-corrected chi connectivity index (χ4v) is 3.68. The van der Waals surface area contributed by atoms with Gasteiger partial charge in [0.15, 0.2) is 0 Å². The lowest BCUT2D eigenvalue weighted by Gasteiger charge is -2.38. The highest BCUT2D eigenvalue weighted by atomic mass is 16.5. The first-order chi connectivity index (χ1) is 9.18. The van der Waals surface area contributed by atoms with Gasteiger partial charge in [-0.25, -0.2) is 0 Å². The summed E-state index contributed by atoms with van der Waals surface area (Å²) in [5.74, 6) is 0.885. The minimum absolute atomic E-state index is 0.117. The Morgan fingerprint density at radius 1 is 1.26 bits per heavy atom. The molecule has 3 aliphatic rings. The van der Waals surface area contributed by atoms with Crippen LogP contribution in [-0.2, 0) is 4.74 Å². The van der Waals surface area contributed by atoms with E-state index in [1.807, 2.05) is 0 Å². The van der Waals surface area contributed by atoms with Crippen molar-refractivity contribution in [3.05, 3.63) is 0 Å². The van der Waals surface area contributed by atoms with Crippen molar-refractivity contribution in [3.63, 3.8) is 0 Å². The van der Waals surface area contributed by atoms with E-state index in [-0.39, 0.29) is 5.60 Å². The highest BCUT2D eigenvalue weighted by Gasteiger charge is 2.35. The zero-order valence-electron chi connectivity index (χ0n) is 12.7. The molecule has 2 heterocycles. The highest BCUT2D eigenvalue weighted by Crippen LogP contribution is 2.32. The van der Waals surface area contributed by atoms with Crippen LogP contribution in [-0.4, -0.2) is 48.8 Å². The molecule has 3 heteroatoms. The van der Waals surface area contributed by atoms with E-state index >= 15 is 0 Å². The molecule has 0 bridgehead atoms. The van der Waals surface area contributed by atoms with E-state index in [0.29, 0.717) is 6.04 Å². The predicted molar refractivity (Wildman–Crippen MR) is 78.4 cm³/mol. The minimum Gasteiger partial charge on any atom is -0.375 e. The van der Waals surface area contributed by atoms with E-state index < -0.39 is 0 Å². The third-order valence-electron chi connectivity index (χ3n) is 5.42. The summed E-state index contributed by atoms with van der Waals surface area (Å²) >= 11 is 0. The molecule has 3 rings (SSSR count). The first kappa shape index (κ1) is 13.8. The van der Waals surface area contributed by atoms with Crippen molar-refractivity contribution in [2.24, 2.45) is 5.92 Å². The zero-order chi connectivity index (χ0) is 13.3. The maximum absolute atomic E-state index is 5.93. The Morgan fingerprint density at radius 3 is 2.84 bits per heavy atom. The summed E-state index contributed by atoms with van der Waals surface area (Å²) in [6.45, 7) is 9.34. The van der Waals surface area contributed by atoms with E-state index in [4.69, 9.17) is 4.74 Å². The molecule has 0 radical (unpaired) electrons. The van der Waals surface area contributed by atoms with Gasteiger partial charge >= 0.3 is 0 Å². The second-order valence-corrected chi connectivity index (χ2v) is 7.13.